The highest BCUT2D eigenvalue weighted by molar-refractivity contribution is 14.0. The minimum Gasteiger partial charge on any atom is -0.489 e. The van der Waals surface area contributed by atoms with Gasteiger partial charge in [-0.1, -0.05) is 11.6 Å². The van der Waals surface area contributed by atoms with Crippen molar-refractivity contribution in [1.29, 1.82) is 0 Å². The second-order valence-corrected chi connectivity index (χ2v) is 7.58. The SMILES string of the molecule is CN=C(NCCCn1nc2n(c1=O)CCCC2)NCC(C)Oc1ccc(Cl)cc1.I. The van der Waals surface area contributed by atoms with E-state index in [4.69, 9.17) is 16.3 Å². The lowest BCUT2D eigenvalue weighted by Gasteiger charge is -2.17. The summed E-state index contributed by atoms with van der Waals surface area (Å²) in [7, 11) is 1.73. The molecule has 0 saturated carbocycles. The van der Waals surface area contributed by atoms with E-state index in [0.717, 1.165) is 43.8 Å². The maximum atomic E-state index is 12.3. The standard InChI is InChI=1S/C20H29ClN6O2.HI/c1-15(29-17-9-7-16(21)8-10-17)14-24-19(22-2)23-11-5-13-27-20(28)26-12-4-3-6-18(26)25-27;/h7-10,15H,3-6,11-14H2,1-2H3,(H2,22,23,24);1H. The van der Waals surface area contributed by atoms with Crippen LogP contribution in [0.2, 0.25) is 5.02 Å². The van der Waals surface area contributed by atoms with Gasteiger partial charge in [-0.2, -0.15) is 5.10 Å². The first-order valence-corrected chi connectivity index (χ1v) is 10.5. The van der Waals surface area contributed by atoms with Crippen LogP contribution in [0.3, 0.4) is 0 Å². The Morgan fingerprint density at radius 2 is 2.07 bits per heavy atom. The number of hydrogen-bond acceptors (Lipinski definition) is 4. The van der Waals surface area contributed by atoms with Crippen molar-refractivity contribution in [1.82, 2.24) is 25.0 Å². The van der Waals surface area contributed by atoms with Gasteiger partial charge in [0.2, 0.25) is 0 Å². The molecule has 1 aliphatic rings. The van der Waals surface area contributed by atoms with E-state index in [-0.39, 0.29) is 35.8 Å². The molecule has 3 rings (SSSR count). The molecule has 1 unspecified atom stereocenters. The molecule has 0 saturated heterocycles. The van der Waals surface area contributed by atoms with Crippen LogP contribution in [0.1, 0.15) is 32.0 Å². The van der Waals surface area contributed by atoms with Gasteiger partial charge < -0.3 is 15.4 Å². The summed E-state index contributed by atoms with van der Waals surface area (Å²) in [5.41, 5.74) is 0.00961. The van der Waals surface area contributed by atoms with Crippen LogP contribution in [0, 0.1) is 0 Å². The molecule has 1 atom stereocenters. The van der Waals surface area contributed by atoms with Crippen molar-refractivity contribution in [2.75, 3.05) is 20.1 Å². The number of nitrogens with one attached hydrogen (secondary N) is 2. The van der Waals surface area contributed by atoms with Gasteiger partial charge >= 0.3 is 5.69 Å². The van der Waals surface area contributed by atoms with E-state index in [1.54, 1.807) is 28.4 Å². The van der Waals surface area contributed by atoms with E-state index in [1.165, 1.54) is 0 Å². The number of fused-ring (bicyclic) bond motifs is 1. The molecule has 166 valence electrons. The summed E-state index contributed by atoms with van der Waals surface area (Å²) in [6.45, 7) is 4.68. The average Bonchev–Trinajstić information content (AvgIpc) is 3.05. The number of ether oxygens (including phenoxy) is 1. The molecular formula is C20H30ClIN6O2. The van der Waals surface area contributed by atoms with Crippen LogP contribution in [0.15, 0.2) is 34.1 Å². The Morgan fingerprint density at radius 1 is 1.30 bits per heavy atom. The third-order valence-electron chi connectivity index (χ3n) is 4.80. The summed E-state index contributed by atoms with van der Waals surface area (Å²) < 4.78 is 9.24. The van der Waals surface area contributed by atoms with Gasteiger partial charge in [0.05, 0.1) is 6.54 Å². The number of halogens is 2. The molecule has 0 aliphatic carbocycles. The molecular weight excluding hydrogens is 519 g/mol. The summed E-state index contributed by atoms with van der Waals surface area (Å²) in [5.74, 6) is 2.40. The molecule has 1 aromatic carbocycles. The van der Waals surface area contributed by atoms with Crippen LogP contribution in [-0.2, 0) is 19.5 Å². The average molecular weight is 549 g/mol. The largest absolute Gasteiger partial charge is 0.489 e. The van der Waals surface area contributed by atoms with E-state index < -0.39 is 0 Å². The molecule has 0 amide bonds. The number of aliphatic imine (C=N–C) groups is 1. The highest BCUT2D eigenvalue weighted by Gasteiger charge is 2.16. The fourth-order valence-corrected chi connectivity index (χ4v) is 3.40. The van der Waals surface area contributed by atoms with E-state index in [0.29, 0.717) is 30.6 Å². The van der Waals surface area contributed by atoms with Gasteiger partial charge in [0.1, 0.15) is 17.7 Å². The molecule has 2 heterocycles. The Bertz CT molecular complexity index is 880. The van der Waals surface area contributed by atoms with Crippen LogP contribution in [0.5, 0.6) is 5.75 Å². The normalized spacial score (nSPS) is 14.4. The predicted octanol–water partition coefficient (Wildman–Crippen LogP) is 2.68. The monoisotopic (exact) mass is 548 g/mol. The molecule has 1 aliphatic heterocycles. The van der Waals surface area contributed by atoms with Gasteiger partial charge in [-0.05, 0) is 50.5 Å². The van der Waals surface area contributed by atoms with Gasteiger partial charge in [0, 0.05) is 38.1 Å². The second kappa shape index (κ2) is 12.2. The maximum Gasteiger partial charge on any atom is 0.345 e. The number of benzene rings is 1. The fraction of sp³-hybridized carbons (Fsp3) is 0.550. The maximum absolute atomic E-state index is 12.3. The quantitative estimate of drug-likeness (QED) is 0.229. The Hall–Kier alpha value is -1.75. The van der Waals surface area contributed by atoms with Crippen molar-refractivity contribution >= 4 is 41.5 Å². The lowest BCUT2D eigenvalue weighted by atomic mass is 10.2. The van der Waals surface area contributed by atoms with Crippen LogP contribution >= 0.6 is 35.6 Å². The van der Waals surface area contributed by atoms with Crippen molar-refractivity contribution in [3.05, 3.63) is 45.6 Å². The number of rotatable bonds is 8. The molecule has 2 N–H and O–H groups in total. The van der Waals surface area contributed by atoms with Gasteiger partial charge in [-0.15, -0.1) is 24.0 Å². The summed E-state index contributed by atoms with van der Waals surface area (Å²) in [6.07, 6.45) is 3.81. The van der Waals surface area contributed by atoms with Crippen molar-refractivity contribution in [2.45, 2.75) is 51.8 Å². The first-order valence-electron chi connectivity index (χ1n) is 10.1. The third kappa shape index (κ3) is 6.90. The lowest BCUT2D eigenvalue weighted by molar-refractivity contribution is 0.224. The van der Waals surface area contributed by atoms with Gasteiger partial charge in [0.15, 0.2) is 5.96 Å². The smallest absolute Gasteiger partial charge is 0.345 e. The Morgan fingerprint density at radius 3 is 2.77 bits per heavy atom. The second-order valence-electron chi connectivity index (χ2n) is 7.15. The number of aromatic nitrogens is 3. The predicted molar refractivity (Wildman–Crippen MR) is 130 cm³/mol. The molecule has 30 heavy (non-hydrogen) atoms. The van der Waals surface area contributed by atoms with Crippen molar-refractivity contribution in [2.24, 2.45) is 4.99 Å². The molecule has 0 spiro atoms. The summed E-state index contributed by atoms with van der Waals surface area (Å²) in [6, 6.07) is 7.31. The minimum absolute atomic E-state index is 0. The van der Waals surface area contributed by atoms with Crippen LogP contribution in [0.4, 0.5) is 0 Å². The Labute approximate surface area is 199 Å². The number of guanidine groups is 1. The molecule has 0 bridgehead atoms. The highest BCUT2D eigenvalue weighted by Crippen LogP contribution is 2.16. The van der Waals surface area contributed by atoms with E-state index in [9.17, 15) is 4.79 Å². The van der Waals surface area contributed by atoms with Crippen LogP contribution in [-0.4, -0.2) is 46.5 Å². The zero-order valence-corrected chi connectivity index (χ0v) is 20.5. The molecule has 10 heteroatoms. The highest BCUT2D eigenvalue weighted by atomic mass is 127. The fourth-order valence-electron chi connectivity index (χ4n) is 3.28. The van der Waals surface area contributed by atoms with E-state index in [1.807, 2.05) is 19.1 Å². The first-order chi connectivity index (χ1) is 14.1. The Balaban J connectivity index is 0.00000320. The number of nitrogens with zero attached hydrogens (tertiary/aromatic N) is 4. The van der Waals surface area contributed by atoms with Gasteiger partial charge in [-0.25, -0.2) is 9.48 Å². The lowest BCUT2D eigenvalue weighted by Crippen LogP contribution is -2.42. The Kier molecular flexibility index (Phi) is 9.96. The van der Waals surface area contributed by atoms with Crippen LogP contribution < -0.4 is 21.1 Å². The minimum atomic E-state index is -0.0369. The third-order valence-corrected chi connectivity index (χ3v) is 5.05. The summed E-state index contributed by atoms with van der Waals surface area (Å²) in [4.78, 5) is 16.6. The van der Waals surface area contributed by atoms with Crippen molar-refractivity contribution in [3.8, 4) is 5.75 Å². The molecule has 0 fully saturated rings. The van der Waals surface area contributed by atoms with Crippen LogP contribution in [0.25, 0.3) is 0 Å². The topological polar surface area (TPSA) is 85.5 Å². The van der Waals surface area contributed by atoms with E-state index in [2.05, 4.69) is 20.7 Å². The van der Waals surface area contributed by atoms with Crippen molar-refractivity contribution in [3.63, 3.8) is 0 Å². The van der Waals surface area contributed by atoms with Gasteiger partial charge in [-0.3, -0.25) is 9.56 Å². The van der Waals surface area contributed by atoms with Crippen molar-refractivity contribution < 1.29 is 4.74 Å². The first kappa shape index (κ1) is 24.5. The number of aryl methyl sites for hydroxylation is 2. The number of hydrogen-bond donors (Lipinski definition) is 2. The molecule has 2 aromatic rings. The molecule has 0 radical (unpaired) electrons. The zero-order chi connectivity index (χ0) is 20.6. The summed E-state index contributed by atoms with van der Waals surface area (Å²) >= 11 is 5.89. The van der Waals surface area contributed by atoms with E-state index >= 15 is 0 Å². The zero-order valence-electron chi connectivity index (χ0n) is 17.4. The molecule has 8 nitrogen and oxygen atoms in total. The summed E-state index contributed by atoms with van der Waals surface area (Å²) in [5, 5.41) is 11.7. The van der Waals surface area contributed by atoms with Gasteiger partial charge in [0.25, 0.3) is 0 Å². The molecule has 1 aromatic heterocycles.